The average Bonchev–Trinajstić information content (AvgIpc) is 2.96. The Labute approximate surface area is 167 Å². The summed E-state index contributed by atoms with van der Waals surface area (Å²) in [5.74, 6) is -1.13. The van der Waals surface area contributed by atoms with Crippen LogP contribution in [0, 0.1) is 0 Å². The van der Waals surface area contributed by atoms with Crippen LogP contribution in [0.4, 0.5) is 0 Å². The van der Waals surface area contributed by atoms with Gasteiger partial charge < -0.3 is 34.6 Å². The molecule has 8 heteroatoms. The van der Waals surface area contributed by atoms with Gasteiger partial charge in [0.15, 0.2) is 11.9 Å². The monoisotopic (exact) mass is 404 g/mol. The van der Waals surface area contributed by atoms with Crippen molar-refractivity contribution in [1.29, 1.82) is 0 Å². The number of ether oxygens (including phenoxy) is 3. The smallest absolute Gasteiger partial charge is 0.378 e. The third-order valence-corrected chi connectivity index (χ3v) is 4.39. The fraction of sp³-hybridized carbons (Fsp3) is 0.850. The summed E-state index contributed by atoms with van der Waals surface area (Å²) in [7, 11) is 0. The Bertz CT molecular complexity index is 497. The summed E-state index contributed by atoms with van der Waals surface area (Å²) < 4.78 is 16.2. The third kappa shape index (κ3) is 8.34. The highest BCUT2D eigenvalue weighted by Crippen LogP contribution is 2.29. The maximum Gasteiger partial charge on any atom is 0.378 e. The fourth-order valence-electron chi connectivity index (χ4n) is 2.82. The van der Waals surface area contributed by atoms with Gasteiger partial charge in [0, 0.05) is 0 Å². The van der Waals surface area contributed by atoms with E-state index in [1.165, 1.54) is 33.1 Å². The standard InChI is InChI=1S/C20H36O8/c1-4-5-6-7-8-9-10-14(11-21)27-18-17(26-13-20(2,3)25)16(15(23)12-22)28-19(18)24/h14-16,21-23,25H,4-13H2,1-3H3/t14?,15-,16+/m0/s1. The number of carbonyl (C=O) groups excluding carboxylic acids is 1. The van der Waals surface area contributed by atoms with Crippen molar-refractivity contribution in [2.75, 3.05) is 19.8 Å². The topological polar surface area (TPSA) is 126 Å². The Morgan fingerprint density at radius 1 is 1.11 bits per heavy atom. The first-order valence-corrected chi connectivity index (χ1v) is 10.1. The average molecular weight is 405 g/mol. The molecule has 3 atom stereocenters. The largest absolute Gasteiger partial charge is 0.487 e. The summed E-state index contributed by atoms with van der Waals surface area (Å²) in [6.45, 7) is 4.13. The third-order valence-electron chi connectivity index (χ3n) is 4.39. The number of hydrogen-bond acceptors (Lipinski definition) is 8. The normalized spacial score (nSPS) is 19.5. The molecule has 0 radical (unpaired) electrons. The van der Waals surface area contributed by atoms with Gasteiger partial charge in [0.2, 0.25) is 5.76 Å². The van der Waals surface area contributed by atoms with Crippen LogP contribution >= 0.6 is 0 Å². The Morgan fingerprint density at radius 3 is 2.32 bits per heavy atom. The number of unbranched alkanes of at least 4 members (excludes halogenated alkanes) is 5. The fourth-order valence-corrected chi connectivity index (χ4v) is 2.82. The zero-order valence-electron chi connectivity index (χ0n) is 17.2. The number of cyclic esters (lactones) is 1. The summed E-state index contributed by atoms with van der Waals surface area (Å²) in [5.41, 5.74) is -1.19. The second-order valence-corrected chi connectivity index (χ2v) is 7.85. The maximum absolute atomic E-state index is 12.2. The van der Waals surface area contributed by atoms with Crippen LogP contribution in [0.3, 0.4) is 0 Å². The van der Waals surface area contributed by atoms with E-state index < -0.39 is 36.5 Å². The van der Waals surface area contributed by atoms with Gasteiger partial charge in [-0.15, -0.1) is 0 Å². The number of carbonyl (C=O) groups is 1. The van der Waals surface area contributed by atoms with Crippen molar-refractivity contribution in [2.45, 2.75) is 89.6 Å². The molecule has 1 aliphatic heterocycles. The first kappa shape index (κ1) is 24.7. The SMILES string of the molecule is CCCCCCCCC(CO)OC1=C(OCC(C)(C)O)[C@@H]([C@@H](O)CO)OC1=O. The predicted molar refractivity (Wildman–Crippen MR) is 102 cm³/mol. The molecule has 0 aromatic rings. The quantitative estimate of drug-likeness (QED) is 0.238. The second kappa shape index (κ2) is 12.3. The molecule has 0 spiro atoms. The molecule has 164 valence electrons. The molecule has 8 nitrogen and oxygen atoms in total. The Kier molecular flexibility index (Phi) is 10.8. The number of aliphatic hydroxyl groups excluding tert-OH is 3. The van der Waals surface area contributed by atoms with E-state index in [4.69, 9.17) is 14.2 Å². The van der Waals surface area contributed by atoms with Crippen molar-refractivity contribution in [3.05, 3.63) is 11.5 Å². The molecule has 0 saturated heterocycles. The van der Waals surface area contributed by atoms with Crippen molar-refractivity contribution in [2.24, 2.45) is 0 Å². The molecule has 0 fully saturated rings. The van der Waals surface area contributed by atoms with Gasteiger partial charge in [0.05, 0.1) is 18.8 Å². The van der Waals surface area contributed by atoms with Crippen molar-refractivity contribution < 1.29 is 39.4 Å². The lowest BCUT2D eigenvalue weighted by Crippen LogP contribution is -2.34. The van der Waals surface area contributed by atoms with E-state index in [9.17, 15) is 25.2 Å². The van der Waals surface area contributed by atoms with Crippen molar-refractivity contribution in [1.82, 2.24) is 0 Å². The number of rotatable bonds is 15. The zero-order valence-corrected chi connectivity index (χ0v) is 17.2. The summed E-state index contributed by atoms with van der Waals surface area (Å²) in [4.78, 5) is 12.2. The van der Waals surface area contributed by atoms with E-state index in [0.717, 1.165) is 19.3 Å². The van der Waals surface area contributed by atoms with Crippen LogP contribution in [-0.4, -0.2) is 70.1 Å². The summed E-state index contributed by atoms with van der Waals surface area (Å²) in [6, 6.07) is 0. The van der Waals surface area contributed by atoms with Gasteiger partial charge in [0.25, 0.3) is 0 Å². The van der Waals surface area contributed by atoms with E-state index in [1.807, 2.05) is 0 Å². The van der Waals surface area contributed by atoms with Gasteiger partial charge in [-0.1, -0.05) is 39.0 Å². The van der Waals surface area contributed by atoms with E-state index in [0.29, 0.717) is 6.42 Å². The molecule has 1 heterocycles. The van der Waals surface area contributed by atoms with E-state index in [2.05, 4.69) is 6.92 Å². The highest BCUT2D eigenvalue weighted by Gasteiger charge is 2.43. The lowest BCUT2D eigenvalue weighted by Gasteiger charge is -2.23. The molecule has 28 heavy (non-hydrogen) atoms. The van der Waals surface area contributed by atoms with Crippen LogP contribution < -0.4 is 0 Å². The van der Waals surface area contributed by atoms with Crippen molar-refractivity contribution >= 4 is 5.97 Å². The van der Waals surface area contributed by atoms with Crippen LogP contribution in [0.25, 0.3) is 0 Å². The van der Waals surface area contributed by atoms with Crippen LogP contribution in [0.1, 0.15) is 65.7 Å². The molecule has 0 aromatic carbocycles. The van der Waals surface area contributed by atoms with Crippen LogP contribution in [0.15, 0.2) is 11.5 Å². The predicted octanol–water partition coefficient (Wildman–Crippen LogP) is 1.39. The molecule has 0 aliphatic carbocycles. The van der Waals surface area contributed by atoms with Gasteiger partial charge >= 0.3 is 5.97 Å². The van der Waals surface area contributed by atoms with Gasteiger partial charge in [-0.3, -0.25) is 0 Å². The van der Waals surface area contributed by atoms with Crippen LogP contribution in [-0.2, 0) is 19.0 Å². The highest BCUT2D eigenvalue weighted by atomic mass is 16.6. The summed E-state index contributed by atoms with van der Waals surface area (Å²) >= 11 is 0. The number of esters is 1. The zero-order chi connectivity index (χ0) is 21.2. The van der Waals surface area contributed by atoms with Gasteiger partial charge in [-0.05, 0) is 26.7 Å². The summed E-state index contributed by atoms with van der Waals surface area (Å²) in [6.07, 6.45) is 3.87. The van der Waals surface area contributed by atoms with E-state index in [1.54, 1.807) is 0 Å². The first-order valence-electron chi connectivity index (χ1n) is 10.1. The Balaban J connectivity index is 2.78. The molecule has 1 unspecified atom stereocenters. The molecule has 1 rings (SSSR count). The molecule has 0 amide bonds. The highest BCUT2D eigenvalue weighted by molar-refractivity contribution is 5.89. The second-order valence-electron chi connectivity index (χ2n) is 7.85. The van der Waals surface area contributed by atoms with E-state index in [-0.39, 0.29) is 24.7 Å². The minimum absolute atomic E-state index is 0.0740. The van der Waals surface area contributed by atoms with Gasteiger partial charge in [-0.2, -0.15) is 0 Å². The van der Waals surface area contributed by atoms with Crippen LogP contribution in [0.2, 0.25) is 0 Å². The molecule has 0 saturated carbocycles. The number of aliphatic hydroxyl groups is 4. The lowest BCUT2D eigenvalue weighted by molar-refractivity contribution is -0.150. The minimum atomic E-state index is -1.38. The molecule has 4 N–H and O–H groups in total. The van der Waals surface area contributed by atoms with E-state index >= 15 is 0 Å². The number of hydrogen-bond donors (Lipinski definition) is 4. The van der Waals surface area contributed by atoms with Crippen molar-refractivity contribution in [3.8, 4) is 0 Å². The van der Waals surface area contributed by atoms with Crippen LogP contribution in [0.5, 0.6) is 0 Å². The Hall–Kier alpha value is -1.35. The summed E-state index contributed by atoms with van der Waals surface area (Å²) in [5, 5.41) is 38.6. The minimum Gasteiger partial charge on any atom is -0.487 e. The molecular formula is C20H36O8. The lowest BCUT2D eigenvalue weighted by atomic mass is 10.1. The Morgan fingerprint density at radius 2 is 1.75 bits per heavy atom. The van der Waals surface area contributed by atoms with Crippen molar-refractivity contribution in [3.63, 3.8) is 0 Å². The maximum atomic E-state index is 12.2. The first-order chi connectivity index (χ1) is 13.2. The van der Waals surface area contributed by atoms with Gasteiger partial charge in [-0.25, -0.2) is 4.79 Å². The molecular weight excluding hydrogens is 368 g/mol. The molecule has 1 aliphatic rings. The molecule has 0 aromatic heterocycles. The van der Waals surface area contributed by atoms with Gasteiger partial charge in [0.1, 0.15) is 18.8 Å². The molecule has 0 bridgehead atoms.